The Bertz CT molecular complexity index is 226. The number of nitrogens with one attached hydrogen (secondary N) is 1. The van der Waals surface area contributed by atoms with Crippen molar-refractivity contribution in [2.45, 2.75) is 31.7 Å². The van der Waals surface area contributed by atoms with Gasteiger partial charge in [-0.15, -0.1) is 6.42 Å². The Balaban J connectivity index is 2.25. The fourth-order valence-corrected chi connectivity index (χ4v) is 1.86. The first-order valence-electron chi connectivity index (χ1n) is 5.15. The van der Waals surface area contributed by atoms with E-state index in [0.717, 1.165) is 12.8 Å². The molecule has 1 rings (SSSR count). The van der Waals surface area contributed by atoms with Gasteiger partial charge in [-0.3, -0.25) is 10.1 Å². The van der Waals surface area contributed by atoms with Crippen LogP contribution in [0.1, 0.15) is 25.7 Å². The fourth-order valence-electron chi connectivity index (χ4n) is 1.86. The number of carbonyl (C=O) groups is 1. The SMILES string of the molecule is C#CCNCC(=O)N(C)C1CCCC1. The molecule has 0 radical (unpaired) electrons. The van der Waals surface area contributed by atoms with Gasteiger partial charge >= 0.3 is 0 Å². The molecule has 78 valence electrons. The molecule has 1 fully saturated rings. The summed E-state index contributed by atoms with van der Waals surface area (Å²) >= 11 is 0. The first-order valence-corrected chi connectivity index (χ1v) is 5.15. The van der Waals surface area contributed by atoms with E-state index >= 15 is 0 Å². The minimum Gasteiger partial charge on any atom is -0.342 e. The lowest BCUT2D eigenvalue weighted by atomic mass is 10.2. The number of likely N-dealkylation sites (N-methyl/N-ethyl adjacent to an activating group) is 1. The third-order valence-corrected chi connectivity index (χ3v) is 2.77. The Morgan fingerprint density at radius 3 is 2.79 bits per heavy atom. The molecule has 0 heterocycles. The van der Waals surface area contributed by atoms with E-state index in [-0.39, 0.29) is 5.91 Å². The highest BCUT2D eigenvalue weighted by Gasteiger charge is 2.22. The molecule has 1 aliphatic rings. The Hall–Kier alpha value is -1.01. The van der Waals surface area contributed by atoms with Crippen LogP contribution < -0.4 is 5.32 Å². The number of amides is 1. The van der Waals surface area contributed by atoms with Crippen LogP contribution in [-0.4, -0.2) is 37.0 Å². The maximum absolute atomic E-state index is 11.6. The van der Waals surface area contributed by atoms with Gasteiger partial charge in [0.2, 0.25) is 5.91 Å². The molecule has 0 aromatic heterocycles. The van der Waals surface area contributed by atoms with Crippen LogP contribution in [-0.2, 0) is 4.79 Å². The van der Waals surface area contributed by atoms with Crippen LogP contribution >= 0.6 is 0 Å². The second-order valence-corrected chi connectivity index (χ2v) is 3.75. The van der Waals surface area contributed by atoms with E-state index in [0.29, 0.717) is 19.1 Å². The van der Waals surface area contributed by atoms with Crippen molar-refractivity contribution >= 4 is 5.91 Å². The van der Waals surface area contributed by atoms with E-state index in [1.807, 2.05) is 11.9 Å². The van der Waals surface area contributed by atoms with Crippen LogP contribution in [0.3, 0.4) is 0 Å². The minimum absolute atomic E-state index is 0.146. The zero-order valence-electron chi connectivity index (χ0n) is 8.75. The van der Waals surface area contributed by atoms with Crippen LogP contribution in [0.5, 0.6) is 0 Å². The normalized spacial score (nSPS) is 16.6. The maximum Gasteiger partial charge on any atom is 0.236 e. The van der Waals surface area contributed by atoms with Crippen molar-refractivity contribution in [3.05, 3.63) is 0 Å². The van der Waals surface area contributed by atoms with E-state index in [2.05, 4.69) is 11.2 Å². The summed E-state index contributed by atoms with van der Waals surface area (Å²) in [5, 5.41) is 2.91. The highest BCUT2D eigenvalue weighted by Crippen LogP contribution is 2.22. The van der Waals surface area contributed by atoms with E-state index in [1.54, 1.807) is 0 Å². The Morgan fingerprint density at radius 2 is 2.21 bits per heavy atom. The third kappa shape index (κ3) is 3.04. The lowest BCUT2D eigenvalue weighted by Crippen LogP contribution is -2.40. The molecular formula is C11H18N2O. The van der Waals surface area contributed by atoms with Crippen molar-refractivity contribution in [3.63, 3.8) is 0 Å². The van der Waals surface area contributed by atoms with Crippen molar-refractivity contribution in [3.8, 4) is 12.3 Å². The van der Waals surface area contributed by atoms with Crippen LogP contribution in [0.2, 0.25) is 0 Å². The van der Waals surface area contributed by atoms with Gasteiger partial charge in [-0.05, 0) is 12.8 Å². The van der Waals surface area contributed by atoms with Gasteiger partial charge in [0.15, 0.2) is 0 Å². The molecule has 14 heavy (non-hydrogen) atoms. The standard InChI is InChI=1S/C11H18N2O/c1-3-8-12-9-11(14)13(2)10-6-4-5-7-10/h1,10,12H,4-9H2,2H3. The average molecular weight is 194 g/mol. The number of carbonyl (C=O) groups excluding carboxylic acids is 1. The summed E-state index contributed by atoms with van der Waals surface area (Å²) in [6.45, 7) is 0.821. The number of hydrogen-bond acceptors (Lipinski definition) is 2. The minimum atomic E-state index is 0.146. The molecule has 0 aromatic carbocycles. The molecule has 1 aliphatic carbocycles. The molecule has 0 spiro atoms. The van der Waals surface area contributed by atoms with Crippen LogP contribution in [0, 0.1) is 12.3 Å². The Kier molecular flexibility index (Phi) is 4.48. The van der Waals surface area contributed by atoms with Gasteiger partial charge < -0.3 is 4.90 Å². The van der Waals surface area contributed by atoms with Gasteiger partial charge in [0.25, 0.3) is 0 Å². The van der Waals surface area contributed by atoms with Crippen LogP contribution in [0.15, 0.2) is 0 Å². The van der Waals surface area contributed by atoms with Crippen molar-refractivity contribution in [2.75, 3.05) is 20.1 Å². The highest BCUT2D eigenvalue weighted by molar-refractivity contribution is 5.78. The number of nitrogens with zero attached hydrogens (tertiary/aromatic N) is 1. The van der Waals surface area contributed by atoms with E-state index in [9.17, 15) is 4.79 Å². The number of rotatable bonds is 4. The van der Waals surface area contributed by atoms with Crippen molar-refractivity contribution < 1.29 is 4.79 Å². The fraction of sp³-hybridized carbons (Fsp3) is 0.727. The number of hydrogen-bond donors (Lipinski definition) is 1. The van der Waals surface area contributed by atoms with Crippen LogP contribution in [0.4, 0.5) is 0 Å². The monoisotopic (exact) mass is 194 g/mol. The molecule has 0 bridgehead atoms. The van der Waals surface area contributed by atoms with Crippen LogP contribution in [0.25, 0.3) is 0 Å². The van der Waals surface area contributed by atoms with Gasteiger partial charge in [-0.25, -0.2) is 0 Å². The summed E-state index contributed by atoms with van der Waals surface area (Å²) < 4.78 is 0. The predicted molar refractivity (Wildman–Crippen MR) is 56.7 cm³/mol. The molecule has 0 atom stereocenters. The maximum atomic E-state index is 11.6. The van der Waals surface area contributed by atoms with Crippen molar-refractivity contribution in [1.29, 1.82) is 0 Å². The largest absolute Gasteiger partial charge is 0.342 e. The zero-order valence-corrected chi connectivity index (χ0v) is 8.75. The molecular weight excluding hydrogens is 176 g/mol. The summed E-state index contributed by atoms with van der Waals surface area (Å²) in [4.78, 5) is 13.5. The molecule has 1 saturated carbocycles. The van der Waals surface area contributed by atoms with Gasteiger partial charge in [0, 0.05) is 13.1 Å². The molecule has 0 unspecified atom stereocenters. The first-order chi connectivity index (χ1) is 6.75. The molecule has 3 heteroatoms. The summed E-state index contributed by atoms with van der Waals surface area (Å²) in [5.41, 5.74) is 0. The van der Waals surface area contributed by atoms with Gasteiger partial charge in [-0.2, -0.15) is 0 Å². The quantitative estimate of drug-likeness (QED) is 0.525. The van der Waals surface area contributed by atoms with Crippen molar-refractivity contribution in [2.24, 2.45) is 0 Å². The third-order valence-electron chi connectivity index (χ3n) is 2.77. The zero-order chi connectivity index (χ0) is 10.4. The summed E-state index contributed by atoms with van der Waals surface area (Å²) in [5.74, 6) is 2.60. The van der Waals surface area contributed by atoms with E-state index < -0.39 is 0 Å². The molecule has 1 N–H and O–H groups in total. The second-order valence-electron chi connectivity index (χ2n) is 3.75. The topological polar surface area (TPSA) is 32.3 Å². The first kappa shape index (κ1) is 11.1. The summed E-state index contributed by atoms with van der Waals surface area (Å²) in [7, 11) is 1.88. The lowest BCUT2D eigenvalue weighted by Gasteiger charge is -2.24. The Labute approximate surface area is 85.9 Å². The molecule has 3 nitrogen and oxygen atoms in total. The lowest BCUT2D eigenvalue weighted by molar-refractivity contribution is -0.130. The van der Waals surface area contributed by atoms with E-state index in [4.69, 9.17) is 6.42 Å². The highest BCUT2D eigenvalue weighted by atomic mass is 16.2. The van der Waals surface area contributed by atoms with Crippen molar-refractivity contribution in [1.82, 2.24) is 10.2 Å². The molecule has 0 saturated heterocycles. The predicted octanol–water partition coefficient (Wildman–Crippen LogP) is 0.610. The molecule has 0 aliphatic heterocycles. The Morgan fingerprint density at radius 1 is 1.57 bits per heavy atom. The number of terminal acetylenes is 1. The van der Waals surface area contributed by atoms with Gasteiger partial charge in [-0.1, -0.05) is 18.8 Å². The van der Waals surface area contributed by atoms with E-state index in [1.165, 1.54) is 12.8 Å². The van der Waals surface area contributed by atoms with Gasteiger partial charge in [0.05, 0.1) is 13.1 Å². The molecule has 1 amide bonds. The van der Waals surface area contributed by atoms with Gasteiger partial charge in [0.1, 0.15) is 0 Å². The smallest absolute Gasteiger partial charge is 0.236 e. The summed E-state index contributed by atoms with van der Waals surface area (Å²) in [6, 6.07) is 0.454. The average Bonchev–Trinajstić information content (AvgIpc) is 2.69. The second kappa shape index (κ2) is 5.66. The molecule has 0 aromatic rings. The summed E-state index contributed by atoms with van der Waals surface area (Å²) in [6.07, 6.45) is 9.88.